The zero-order valence-corrected chi connectivity index (χ0v) is 14.1. The van der Waals surface area contributed by atoms with E-state index in [0.717, 1.165) is 0 Å². The van der Waals surface area contributed by atoms with Crippen LogP contribution in [0.25, 0.3) is 0 Å². The number of ether oxygens (including phenoxy) is 1. The molecule has 0 aliphatic carbocycles. The molecular formula is C15H22N2O4S. The Hall–Kier alpha value is -1.44. The first kappa shape index (κ1) is 16.9. The van der Waals surface area contributed by atoms with Gasteiger partial charge in [0.1, 0.15) is 0 Å². The summed E-state index contributed by atoms with van der Waals surface area (Å²) in [6, 6.07) is 6.05. The third-order valence-corrected chi connectivity index (χ3v) is 5.38. The van der Waals surface area contributed by atoms with Crippen LogP contribution in [0.2, 0.25) is 0 Å². The lowest BCUT2D eigenvalue weighted by atomic mass is 10.2. The molecule has 1 aromatic rings. The van der Waals surface area contributed by atoms with Gasteiger partial charge in [0.15, 0.2) is 0 Å². The molecule has 1 amide bonds. The Morgan fingerprint density at radius 1 is 1.14 bits per heavy atom. The van der Waals surface area contributed by atoms with E-state index in [4.69, 9.17) is 4.74 Å². The number of sulfonamides is 1. The molecule has 6 nitrogen and oxygen atoms in total. The first-order valence-corrected chi connectivity index (χ1v) is 8.63. The molecule has 2 rings (SSSR count). The van der Waals surface area contributed by atoms with Crippen molar-refractivity contribution in [1.82, 2.24) is 9.21 Å². The van der Waals surface area contributed by atoms with Crippen LogP contribution in [0.1, 0.15) is 24.2 Å². The van der Waals surface area contributed by atoms with Crippen molar-refractivity contribution in [1.29, 1.82) is 0 Å². The van der Waals surface area contributed by atoms with E-state index in [1.165, 1.54) is 21.3 Å². The van der Waals surface area contributed by atoms with Gasteiger partial charge >= 0.3 is 0 Å². The second-order valence-electron chi connectivity index (χ2n) is 5.80. The van der Waals surface area contributed by atoms with Gasteiger partial charge in [-0.25, -0.2) is 8.42 Å². The maximum atomic E-state index is 12.7. The molecule has 122 valence electrons. The molecule has 7 heteroatoms. The Morgan fingerprint density at radius 3 is 2.09 bits per heavy atom. The van der Waals surface area contributed by atoms with Crippen LogP contribution in [0.4, 0.5) is 0 Å². The van der Waals surface area contributed by atoms with Gasteiger partial charge in [0.2, 0.25) is 10.0 Å². The molecule has 0 radical (unpaired) electrons. The highest BCUT2D eigenvalue weighted by molar-refractivity contribution is 7.89. The third kappa shape index (κ3) is 3.48. The highest BCUT2D eigenvalue weighted by atomic mass is 32.2. The fourth-order valence-electron chi connectivity index (χ4n) is 2.50. The van der Waals surface area contributed by atoms with E-state index in [2.05, 4.69) is 0 Å². The monoisotopic (exact) mass is 326 g/mol. The molecule has 0 bridgehead atoms. The topological polar surface area (TPSA) is 66.9 Å². The van der Waals surface area contributed by atoms with Crippen LogP contribution < -0.4 is 0 Å². The minimum absolute atomic E-state index is 0.131. The zero-order valence-electron chi connectivity index (χ0n) is 13.3. The van der Waals surface area contributed by atoms with Crippen LogP contribution in [-0.2, 0) is 14.8 Å². The molecule has 1 aromatic carbocycles. The molecule has 1 aliphatic heterocycles. The van der Waals surface area contributed by atoms with Gasteiger partial charge in [-0.2, -0.15) is 4.31 Å². The minimum atomic E-state index is -3.56. The lowest BCUT2D eigenvalue weighted by Crippen LogP contribution is -2.48. The molecule has 0 saturated carbocycles. The Balaban J connectivity index is 2.24. The van der Waals surface area contributed by atoms with Gasteiger partial charge in [0.05, 0.1) is 17.1 Å². The van der Waals surface area contributed by atoms with E-state index in [0.29, 0.717) is 18.7 Å². The Kier molecular flexibility index (Phi) is 4.89. The van der Waals surface area contributed by atoms with Gasteiger partial charge in [-0.1, -0.05) is 0 Å². The maximum Gasteiger partial charge on any atom is 0.253 e. The smallest absolute Gasteiger partial charge is 0.253 e. The van der Waals surface area contributed by atoms with Crippen LogP contribution in [-0.4, -0.2) is 62.9 Å². The molecule has 0 aromatic heterocycles. The largest absolute Gasteiger partial charge is 0.373 e. The standard InChI is InChI=1S/C15H22N2O4S/c1-11-9-17(10-12(2)21-11)22(19,20)14-7-5-13(6-8-14)15(18)16(3)4/h5-8,11-12H,9-10H2,1-4H3. The van der Waals surface area contributed by atoms with Crippen molar-refractivity contribution in [2.24, 2.45) is 0 Å². The van der Waals surface area contributed by atoms with Crippen molar-refractivity contribution in [2.75, 3.05) is 27.2 Å². The van der Waals surface area contributed by atoms with Gasteiger partial charge in [0.25, 0.3) is 5.91 Å². The van der Waals surface area contributed by atoms with Crippen molar-refractivity contribution in [3.8, 4) is 0 Å². The highest BCUT2D eigenvalue weighted by Gasteiger charge is 2.32. The van der Waals surface area contributed by atoms with E-state index in [-0.39, 0.29) is 23.0 Å². The summed E-state index contributed by atoms with van der Waals surface area (Å²) in [5.41, 5.74) is 0.465. The second kappa shape index (κ2) is 6.36. The summed E-state index contributed by atoms with van der Waals surface area (Å²) in [4.78, 5) is 13.5. The van der Waals surface area contributed by atoms with E-state index in [1.807, 2.05) is 13.8 Å². The maximum absolute atomic E-state index is 12.7. The molecule has 0 N–H and O–H groups in total. The lowest BCUT2D eigenvalue weighted by Gasteiger charge is -2.34. The normalized spacial score (nSPS) is 23.3. The minimum Gasteiger partial charge on any atom is -0.373 e. The molecule has 1 heterocycles. The first-order valence-electron chi connectivity index (χ1n) is 7.19. The number of amides is 1. The van der Waals surface area contributed by atoms with Crippen LogP contribution in [0.15, 0.2) is 29.2 Å². The van der Waals surface area contributed by atoms with Crippen LogP contribution in [0, 0.1) is 0 Å². The van der Waals surface area contributed by atoms with E-state index < -0.39 is 10.0 Å². The summed E-state index contributed by atoms with van der Waals surface area (Å²) < 4.78 is 32.3. The van der Waals surface area contributed by atoms with Gasteiger partial charge in [-0.15, -0.1) is 0 Å². The summed E-state index contributed by atoms with van der Waals surface area (Å²) in [6.45, 7) is 4.39. The van der Waals surface area contributed by atoms with Gasteiger partial charge in [-0.3, -0.25) is 4.79 Å². The highest BCUT2D eigenvalue weighted by Crippen LogP contribution is 2.21. The molecule has 1 saturated heterocycles. The number of morpholine rings is 1. The molecule has 0 spiro atoms. The number of carbonyl (C=O) groups excluding carboxylic acids is 1. The van der Waals surface area contributed by atoms with E-state index in [9.17, 15) is 13.2 Å². The molecule has 22 heavy (non-hydrogen) atoms. The van der Waals surface area contributed by atoms with Gasteiger partial charge in [-0.05, 0) is 38.1 Å². The fourth-order valence-corrected chi connectivity index (χ4v) is 4.09. The van der Waals surface area contributed by atoms with Gasteiger partial charge < -0.3 is 9.64 Å². The van der Waals surface area contributed by atoms with Crippen molar-refractivity contribution >= 4 is 15.9 Å². The van der Waals surface area contributed by atoms with E-state index in [1.54, 1.807) is 26.2 Å². The summed E-state index contributed by atoms with van der Waals surface area (Å²) in [7, 11) is -0.250. The average molecular weight is 326 g/mol. The Morgan fingerprint density at radius 2 is 1.64 bits per heavy atom. The third-order valence-electron chi connectivity index (χ3n) is 3.53. The number of hydrogen-bond donors (Lipinski definition) is 0. The Labute approximate surface area is 131 Å². The quantitative estimate of drug-likeness (QED) is 0.837. The molecule has 2 unspecified atom stereocenters. The van der Waals surface area contributed by atoms with Crippen LogP contribution >= 0.6 is 0 Å². The lowest BCUT2D eigenvalue weighted by molar-refractivity contribution is -0.0440. The number of nitrogens with zero attached hydrogens (tertiary/aromatic N) is 2. The van der Waals surface area contributed by atoms with Crippen molar-refractivity contribution < 1.29 is 17.9 Å². The van der Waals surface area contributed by atoms with Crippen LogP contribution in [0.3, 0.4) is 0 Å². The number of rotatable bonds is 3. The Bertz CT molecular complexity index is 630. The predicted molar refractivity (Wildman–Crippen MR) is 83.2 cm³/mol. The van der Waals surface area contributed by atoms with Gasteiger partial charge in [0, 0.05) is 32.7 Å². The zero-order chi connectivity index (χ0) is 16.5. The molecule has 1 aliphatic rings. The van der Waals surface area contributed by atoms with Crippen LogP contribution in [0.5, 0.6) is 0 Å². The van der Waals surface area contributed by atoms with Crippen molar-refractivity contribution in [3.05, 3.63) is 29.8 Å². The van der Waals surface area contributed by atoms with E-state index >= 15 is 0 Å². The molecule has 2 atom stereocenters. The summed E-state index contributed by atoms with van der Waals surface area (Å²) in [6.07, 6.45) is -0.263. The molecular weight excluding hydrogens is 304 g/mol. The SMILES string of the molecule is CC1CN(S(=O)(=O)c2ccc(C(=O)N(C)C)cc2)CC(C)O1. The summed E-state index contributed by atoms with van der Waals surface area (Å²) >= 11 is 0. The average Bonchev–Trinajstić information content (AvgIpc) is 2.45. The summed E-state index contributed by atoms with van der Waals surface area (Å²) in [5, 5.41) is 0. The molecule has 1 fully saturated rings. The first-order chi connectivity index (χ1) is 10.2. The second-order valence-corrected chi connectivity index (χ2v) is 7.74. The number of carbonyl (C=O) groups is 1. The van der Waals surface area contributed by atoms with Crippen molar-refractivity contribution in [2.45, 2.75) is 31.0 Å². The number of benzene rings is 1. The number of hydrogen-bond acceptors (Lipinski definition) is 4. The van der Waals surface area contributed by atoms with Crippen molar-refractivity contribution in [3.63, 3.8) is 0 Å². The predicted octanol–water partition coefficient (Wildman–Crippen LogP) is 1.19. The summed E-state index contributed by atoms with van der Waals surface area (Å²) in [5.74, 6) is -0.155. The fraction of sp³-hybridized carbons (Fsp3) is 0.533.